The molecule has 128 valence electrons. The number of sulfonamides is 1. The molecule has 2 aliphatic heterocycles. The minimum atomic E-state index is -3.46. The lowest BCUT2D eigenvalue weighted by atomic mass is 10.2. The second kappa shape index (κ2) is 6.51. The van der Waals surface area contributed by atoms with Crippen molar-refractivity contribution in [2.75, 3.05) is 26.2 Å². The van der Waals surface area contributed by atoms with Gasteiger partial charge >= 0.3 is 0 Å². The highest BCUT2D eigenvalue weighted by Gasteiger charge is 2.31. The van der Waals surface area contributed by atoms with Crippen molar-refractivity contribution in [3.8, 4) is 0 Å². The molecule has 0 N–H and O–H groups in total. The third-order valence-electron chi connectivity index (χ3n) is 4.20. The van der Waals surface area contributed by atoms with E-state index in [4.69, 9.17) is 4.74 Å². The average molecular weight is 358 g/mol. The van der Waals surface area contributed by atoms with E-state index in [0.717, 1.165) is 12.8 Å². The van der Waals surface area contributed by atoms with Crippen molar-refractivity contribution in [3.63, 3.8) is 0 Å². The van der Waals surface area contributed by atoms with Crippen LogP contribution in [0.25, 0.3) is 0 Å². The Balaban J connectivity index is 1.77. The van der Waals surface area contributed by atoms with Crippen molar-refractivity contribution >= 4 is 27.3 Å². The molecular formula is C15H22N2O4S2. The quantitative estimate of drug-likeness (QED) is 0.826. The Kier molecular flexibility index (Phi) is 4.78. The molecular weight excluding hydrogens is 336 g/mol. The maximum atomic E-state index is 12.6. The first-order valence-electron chi connectivity index (χ1n) is 7.91. The summed E-state index contributed by atoms with van der Waals surface area (Å²) in [6, 6.07) is 1.52. The van der Waals surface area contributed by atoms with Crippen molar-refractivity contribution in [1.82, 2.24) is 9.21 Å². The highest BCUT2D eigenvalue weighted by Crippen LogP contribution is 2.27. The molecule has 3 heterocycles. The van der Waals surface area contributed by atoms with Gasteiger partial charge in [-0.3, -0.25) is 4.79 Å². The highest BCUT2D eigenvalue weighted by atomic mass is 32.2. The van der Waals surface area contributed by atoms with Crippen LogP contribution in [0.15, 0.2) is 16.3 Å². The topological polar surface area (TPSA) is 66.9 Å². The fraction of sp³-hybridized carbons (Fsp3) is 0.667. The molecule has 6 nitrogen and oxygen atoms in total. The van der Waals surface area contributed by atoms with E-state index in [9.17, 15) is 13.2 Å². The van der Waals surface area contributed by atoms with Crippen molar-refractivity contribution in [2.45, 2.75) is 43.8 Å². The Bertz CT molecular complexity index is 669. The second-order valence-electron chi connectivity index (χ2n) is 6.23. The standard InChI is InChI=1S/C15H22N2O4S2/c1-11-8-16(9-12(2)21-11)15(18)14-7-13(10-22-14)23(19,20)17-5-3-4-6-17/h7,10-12H,3-6,8-9H2,1-2H3/t11-,12+. The van der Waals surface area contributed by atoms with Gasteiger partial charge < -0.3 is 9.64 Å². The lowest BCUT2D eigenvalue weighted by Gasteiger charge is -2.35. The fourth-order valence-corrected chi connectivity index (χ4v) is 5.89. The molecule has 0 saturated carbocycles. The molecule has 2 aliphatic rings. The zero-order valence-corrected chi connectivity index (χ0v) is 15.0. The second-order valence-corrected chi connectivity index (χ2v) is 9.07. The van der Waals surface area contributed by atoms with Gasteiger partial charge in [-0.25, -0.2) is 8.42 Å². The molecule has 2 saturated heterocycles. The minimum absolute atomic E-state index is 0.00420. The summed E-state index contributed by atoms with van der Waals surface area (Å²) in [5, 5.41) is 1.58. The van der Waals surface area contributed by atoms with E-state index in [2.05, 4.69) is 0 Å². The smallest absolute Gasteiger partial charge is 0.264 e. The van der Waals surface area contributed by atoms with E-state index in [1.807, 2.05) is 13.8 Å². The monoisotopic (exact) mass is 358 g/mol. The summed E-state index contributed by atoms with van der Waals surface area (Å²) in [7, 11) is -3.46. The molecule has 0 aromatic carbocycles. The Morgan fingerprint density at radius 3 is 2.43 bits per heavy atom. The predicted molar refractivity (Wildman–Crippen MR) is 88.2 cm³/mol. The Morgan fingerprint density at radius 1 is 1.22 bits per heavy atom. The van der Waals surface area contributed by atoms with Crippen LogP contribution in [-0.4, -0.2) is 61.9 Å². The van der Waals surface area contributed by atoms with Gasteiger partial charge in [0, 0.05) is 31.6 Å². The number of morpholine rings is 1. The molecule has 0 spiro atoms. The number of amides is 1. The highest BCUT2D eigenvalue weighted by molar-refractivity contribution is 7.89. The summed E-state index contributed by atoms with van der Waals surface area (Å²) in [5.74, 6) is -0.111. The number of hydrogen-bond acceptors (Lipinski definition) is 5. The number of nitrogens with zero attached hydrogens (tertiary/aromatic N) is 2. The number of rotatable bonds is 3. The van der Waals surface area contributed by atoms with Gasteiger partial charge in [0.2, 0.25) is 10.0 Å². The number of carbonyl (C=O) groups is 1. The number of ether oxygens (including phenoxy) is 1. The molecule has 1 aromatic rings. The minimum Gasteiger partial charge on any atom is -0.372 e. The zero-order chi connectivity index (χ0) is 16.6. The van der Waals surface area contributed by atoms with Crippen LogP contribution in [0.2, 0.25) is 0 Å². The number of carbonyl (C=O) groups excluding carboxylic acids is 1. The van der Waals surface area contributed by atoms with E-state index in [0.29, 0.717) is 31.1 Å². The normalized spacial score (nSPS) is 26.6. The molecule has 3 rings (SSSR count). The van der Waals surface area contributed by atoms with E-state index in [1.54, 1.807) is 10.3 Å². The molecule has 0 radical (unpaired) electrons. The van der Waals surface area contributed by atoms with E-state index >= 15 is 0 Å². The Labute approximate surface area is 141 Å². The summed E-state index contributed by atoms with van der Waals surface area (Å²) in [6.07, 6.45) is 1.79. The molecule has 1 amide bonds. The molecule has 0 aliphatic carbocycles. The van der Waals surface area contributed by atoms with Gasteiger partial charge in [-0.15, -0.1) is 11.3 Å². The van der Waals surface area contributed by atoms with Crippen LogP contribution in [0.3, 0.4) is 0 Å². The van der Waals surface area contributed by atoms with Crippen LogP contribution < -0.4 is 0 Å². The maximum Gasteiger partial charge on any atom is 0.264 e. The van der Waals surface area contributed by atoms with Crippen molar-refractivity contribution in [1.29, 1.82) is 0 Å². The van der Waals surface area contributed by atoms with Gasteiger partial charge in [-0.2, -0.15) is 4.31 Å². The number of thiophene rings is 1. The van der Waals surface area contributed by atoms with Gasteiger partial charge in [0.15, 0.2) is 0 Å². The van der Waals surface area contributed by atoms with E-state index in [-0.39, 0.29) is 23.0 Å². The predicted octanol–water partition coefficient (Wildman–Crippen LogP) is 1.78. The first kappa shape index (κ1) is 16.9. The first-order valence-corrected chi connectivity index (χ1v) is 10.2. The summed E-state index contributed by atoms with van der Waals surface area (Å²) >= 11 is 1.20. The summed E-state index contributed by atoms with van der Waals surface area (Å²) in [4.78, 5) is 15.1. The van der Waals surface area contributed by atoms with Crippen LogP contribution in [-0.2, 0) is 14.8 Å². The number of hydrogen-bond donors (Lipinski definition) is 0. The van der Waals surface area contributed by atoms with Crippen LogP contribution in [0, 0.1) is 0 Å². The van der Waals surface area contributed by atoms with Crippen molar-refractivity contribution in [2.24, 2.45) is 0 Å². The first-order chi connectivity index (χ1) is 10.9. The molecule has 2 atom stereocenters. The van der Waals surface area contributed by atoms with E-state index in [1.165, 1.54) is 21.7 Å². The molecule has 1 aromatic heterocycles. The molecule has 2 fully saturated rings. The largest absolute Gasteiger partial charge is 0.372 e. The zero-order valence-electron chi connectivity index (χ0n) is 13.4. The molecule has 0 bridgehead atoms. The van der Waals surface area contributed by atoms with Gasteiger partial charge in [0.1, 0.15) is 0 Å². The SMILES string of the molecule is C[C@@H]1CN(C(=O)c2cc(S(=O)(=O)N3CCCC3)cs2)C[C@H](C)O1. The summed E-state index contributed by atoms with van der Waals surface area (Å²) in [5.41, 5.74) is 0. The van der Waals surface area contributed by atoms with E-state index < -0.39 is 10.0 Å². The lowest BCUT2D eigenvalue weighted by Crippen LogP contribution is -2.48. The Morgan fingerprint density at radius 2 is 1.83 bits per heavy atom. The molecule has 23 heavy (non-hydrogen) atoms. The van der Waals surface area contributed by atoms with Crippen molar-refractivity contribution in [3.05, 3.63) is 16.3 Å². The molecule has 8 heteroatoms. The fourth-order valence-electron chi connectivity index (χ4n) is 3.14. The van der Waals surface area contributed by atoms with Gasteiger partial charge in [-0.1, -0.05) is 0 Å². The average Bonchev–Trinajstić information content (AvgIpc) is 3.17. The van der Waals surface area contributed by atoms with Crippen LogP contribution >= 0.6 is 11.3 Å². The maximum absolute atomic E-state index is 12.6. The van der Waals surface area contributed by atoms with Crippen LogP contribution in [0.1, 0.15) is 36.4 Å². The summed E-state index contributed by atoms with van der Waals surface area (Å²) in [6.45, 7) is 6.09. The third-order valence-corrected chi connectivity index (χ3v) is 7.14. The van der Waals surface area contributed by atoms with Gasteiger partial charge in [0.25, 0.3) is 5.91 Å². The lowest BCUT2D eigenvalue weighted by molar-refractivity contribution is -0.0585. The third kappa shape index (κ3) is 3.45. The van der Waals surface area contributed by atoms with Crippen LogP contribution in [0.5, 0.6) is 0 Å². The van der Waals surface area contributed by atoms with Crippen molar-refractivity contribution < 1.29 is 17.9 Å². The summed E-state index contributed by atoms with van der Waals surface area (Å²) < 4.78 is 32.2. The van der Waals surface area contributed by atoms with Gasteiger partial charge in [-0.05, 0) is 32.8 Å². The Hall–Kier alpha value is -0.960. The van der Waals surface area contributed by atoms with Gasteiger partial charge in [0.05, 0.1) is 22.0 Å². The van der Waals surface area contributed by atoms with Crippen LogP contribution in [0.4, 0.5) is 0 Å². The molecule has 0 unspecified atom stereocenters.